The Morgan fingerprint density at radius 3 is 2.14 bits per heavy atom. The summed E-state index contributed by atoms with van der Waals surface area (Å²) in [4.78, 5) is 24.7. The molecule has 0 saturated heterocycles. The number of fused-ring (bicyclic) bond motifs is 1. The molecule has 1 atom stereocenters. The van der Waals surface area contributed by atoms with Crippen LogP contribution < -0.4 is 4.72 Å². The van der Waals surface area contributed by atoms with Crippen LogP contribution in [0.15, 0.2) is 64.0 Å². The first-order valence-corrected chi connectivity index (χ1v) is 12.3. The van der Waals surface area contributed by atoms with Crippen LogP contribution in [0.3, 0.4) is 0 Å². The van der Waals surface area contributed by atoms with Gasteiger partial charge in [-0.2, -0.15) is 13.2 Å². The van der Waals surface area contributed by atoms with Gasteiger partial charge in [0.25, 0.3) is 15.8 Å². The highest BCUT2D eigenvalue weighted by Gasteiger charge is 2.49. The van der Waals surface area contributed by atoms with Gasteiger partial charge in [0.15, 0.2) is 5.92 Å². The number of rotatable bonds is 7. The smallest absolute Gasteiger partial charge is 0.451 e. The number of sulfonamides is 1. The van der Waals surface area contributed by atoms with Crippen LogP contribution in [0.2, 0.25) is 0 Å². The van der Waals surface area contributed by atoms with Crippen molar-refractivity contribution in [1.82, 2.24) is 0 Å². The summed E-state index contributed by atoms with van der Waals surface area (Å²) in [6, 6.07) is 12.1. The number of halogens is 4. The number of ether oxygens (including phenoxy) is 1. The molecule has 0 aromatic heterocycles. The molecule has 0 saturated carbocycles. The molecule has 2 N–H and O–H groups in total. The van der Waals surface area contributed by atoms with Crippen molar-refractivity contribution in [2.45, 2.75) is 36.9 Å². The molecule has 0 heterocycles. The molecule has 0 fully saturated rings. The molecule has 0 aliphatic heterocycles. The highest BCUT2D eigenvalue weighted by atomic mass is 79.9. The van der Waals surface area contributed by atoms with Gasteiger partial charge in [-0.05, 0) is 44.2 Å². The maximum absolute atomic E-state index is 13.4. The zero-order valence-electron chi connectivity index (χ0n) is 18.3. The Kier molecular flexibility index (Phi) is 7.46. The van der Waals surface area contributed by atoms with Crippen molar-refractivity contribution in [1.29, 1.82) is 0 Å². The standard InChI is InChI=1S/C23H19BrF3NO6S/c1-12(2)34-22(31)19(21(30)23(25,26)27)17-11-18(15-5-3-4-6-16(15)20(17)29)28-35(32,33)14-9-7-13(24)8-10-14/h3-12,19,28-29H,1-2H3/t19-/m0/s1. The van der Waals surface area contributed by atoms with Gasteiger partial charge in [0.1, 0.15) is 5.75 Å². The number of phenols is 1. The largest absolute Gasteiger partial charge is 0.507 e. The molecule has 35 heavy (non-hydrogen) atoms. The second-order valence-corrected chi connectivity index (χ2v) is 10.3. The summed E-state index contributed by atoms with van der Waals surface area (Å²) in [6.07, 6.45) is -6.29. The van der Waals surface area contributed by atoms with Gasteiger partial charge in [0, 0.05) is 20.8 Å². The maximum atomic E-state index is 13.4. The van der Waals surface area contributed by atoms with E-state index in [9.17, 15) is 36.3 Å². The molecule has 3 rings (SSSR count). The summed E-state index contributed by atoms with van der Waals surface area (Å²) in [5, 5.41) is 10.8. The van der Waals surface area contributed by atoms with Crippen LogP contribution in [0.4, 0.5) is 18.9 Å². The molecule has 0 aliphatic carbocycles. The number of alkyl halides is 3. The normalized spacial score (nSPS) is 13.0. The topological polar surface area (TPSA) is 110 Å². The molecule has 0 amide bonds. The van der Waals surface area contributed by atoms with Gasteiger partial charge in [0.2, 0.25) is 0 Å². The summed E-state index contributed by atoms with van der Waals surface area (Å²) in [5.74, 6) is -7.35. The molecule has 0 unspecified atom stereocenters. The molecular formula is C23H19BrF3NO6S. The monoisotopic (exact) mass is 573 g/mol. The molecule has 12 heteroatoms. The number of aromatic hydroxyl groups is 1. The Hall–Kier alpha value is -3.12. The fraction of sp³-hybridized carbons (Fsp3) is 0.217. The van der Waals surface area contributed by atoms with E-state index in [1.807, 2.05) is 0 Å². The number of hydrogen-bond acceptors (Lipinski definition) is 6. The molecular weight excluding hydrogens is 555 g/mol. The first kappa shape index (κ1) is 26.5. The third kappa shape index (κ3) is 5.76. The fourth-order valence-electron chi connectivity index (χ4n) is 3.34. The number of anilines is 1. The minimum absolute atomic E-state index is 0.0733. The summed E-state index contributed by atoms with van der Waals surface area (Å²) in [6.45, 7) is 2.76. The Morgan fingerprint density at radius 2 is 1.60 bits per heavy atom. The summed E-state index contributed by atoms with van der Waals surface area (Å²) in [5.41, 5.74) is -0.987. The number of carbonyl (C=O) groups excluding carboxylic acids is 2. The number of phenolic OH excluding ortho intramolecular Hbond substituents is 1. The zero-order chi connectivity index (χ0) is 26.1. The molecule has 0 aliphatic rings. The maximum Gasteiger partial charge on any atom is 0.451 e. The summed E-state index contributed by atoms with van der Waals surface area (Å²) < 4.78 is 73.9. The first-order chi connectivity index (χ1) is 16.2. The number of Topliss-reactive ketones (excluding diaryl/α,β-unsaturated/α-hetero) is 1. The number of benzene rings is 3. The van der Waals surface area contributed by atoms with Crippen LogP contribution in [0.25, 0.3) is 10.8 Å². The van der Waals surface area contributed by atoms with Crippen molar-refractivity contribution in [2.75, 3.05) is 4.72 Å². The molecule has 0 bridgehead atoms. The third-order valence-corrected chi connectivity index (χ3v) is 6.76. The van der Waals surface area contributed by atoms with Crippen molar-refractivity contribution in [2.24, 2.45) is 0 Å². The van der Waals surface area contributed by atoms with E-state index in [1.165, 1.54) is 62.4 Å². The number of carbonyl (C=O) groups is 2. The first-order valence-electron chi connectivity index (χ1n) is 10.1. The number of esters is 1. The van der Waals surface area contributed by atoms with Crippen molar-refractivity contribution in [3.8, 4) is 5.75 Å². The van der Waals surface area contributed by atoms with Crippen LogP contribution >= 0.6 is 15.9 Å². The average Bonchev–Trinajstić information content (AvgIpc) is 2.76. The zero-order valence-corrected chi connectivity index (χ0v) is 20.7. The van der Waals surface area contributed by atoms with E-state index < -0.39 is 51.3 Å². The lowest BCUT2D eigenvalue weighted by Gasteiger charge is -2.21. The predicted octanol–water partition coefficient (Wildman–Crippen LogP) is 5.28. The lowest BCUT2D eigenvalue weighted by molar-refractivity contribution is -0.178. The Balaban J connectivity index is 2.24. The van der Waals surface area contributed by atoms with Gasteiger partial charge in [-0.15, -0.1) is 0 Å². The minimum Gasteiger partial charge on any atom is -0.507 e. The molecule has 0 spiro atoms. The van der Waals surface area contributed by atoms with Crippen molar-refractivity contribution in [3.63, 3.8) is 0 Å². The van der Waals surface area contributed by atoms with E-state index in [1.54, 1.807) is 0 Å². The molecule has 3 aromatic carbocycles. The van der Waals surface area contributed by atoms with E-state index >= 15 is 0 Å². The van der Waals surface area contributed by atoms with Gasteiger partial charge in [0.05, 0.1) is 16.7 Å². The highest BCUT2D eigenvalue weighted by molar-refractivity contribution is 9.10. The third-order valence-electron chi connectivity index (χ3n) is 4.85. The Morgan fingerprint density at radius 1 is 1.03 bits per heavy atom. The second-order valence-electron chi connectivity index (χ2n) is 7.75. The lowest BCUT2D eigenvalue weighted by atomic mass is 9.90. The van der Waals surface area contributed by atoms with Crippen LogP contribution in [-0.4, -0.2) is 37.6 Å². The molecule has 7 nitrogen and oxygen atoms in total. The summed E-state index contributed by atoms with van der Waals surface area (Å²) in [7, 11) is -4.24. The molecule has 186 valence electrons. The highest BCUT2D eigenvalue weighted by Crippen LogP contribution is 2.41. The van der Waals surface area contributed by atoms with Gasteiger partial charge < -0.3 is 9.84 Å². The van der Waals surface area contributed by atoms with Gasteiger partial charge in [-0.1, -0.05) is 40.2 Å². The summed E-state index contributed by atoms with van der Waals surface area (Å²) >= 11 is 3.19. The van der Waals surface area contributed by atoms with E-state index in [2.05, 4.69) is 20.7 Å². The average molecular weight is 574 g/mol. The Bertz CT molecular complexity index is 1390. The van der Waals surface area contributed by atoms with Gasteiger partial charge in [-0.3, -0.25) is 14.3 Å². The van der Waals surface area contributed by atoms with E-state index in [0.29, 0.717) is 4.47 Å². The van der Waals surface area contributed by atoms with Crippen LogP contribution in [-0.2, 0) is 24.3 Å². The number of ketones is 1. The number of nitrogens with one attached hydrogen (secondary N) is 1. The van der Waals surface area contributed by atoms with Crippen LogP contribution in [0.5, 0.6) is 5.75 Å². The minimum atomic E-state index is -5.43. The van der Waals surface area contributed by atoms with Crippen LogP contribution in [0.1, 0.15) is 25.3 Å². The second kappa shape index (κ2) is 9.86. The lowest BCUT2D eigenvalue weighted by Crippen LogP contribution is -2.35. The fourth-order valence-corrected chi connectivity index (χ4v) is 4.68. The number of hydrogen-bond donors (Lipinski definition) is 2. The Labute approximate surface area is 207 Å². The van der Waals surface area contributed by atoms with Crippen molar-refractivity contribution >= 4 is 54.2 Å². The van der Waals surface area contributed by atoms with E-state index in [-0.39, 0.29) is 21.4 Å². The molecule has 0 radical (unpaired) electrons. The SMILES string of the molecule is CC(C)OC(=O)[C@H](C(=O)C(F)(F)F)c1cc(NS(=O)(=O)c2ccc(Br)cc2)c2ccccc2c1O. The van der Waals surface area contributed by atoms with E-state index in [0.717, 1.165) is 6.07 Å². The predicted molar refractivity (Wildman–Crippen MR) is 126 cm³/mol. The van der Waals surface area contributed by atoms with E-state index in [4.69, 9.17) is 4.74 Å². The van der Waals surface area contributed by atoms with Crippen molar-refractivity contribution in [3.05, 3.63) is 64.6 Å². The molecule has 3 aromatic rings. The van der Waals surface area contributed by atoms with Crippen molar-refractivity contribution < 1.29 is 41.0 Å². The van der Waals surface area contributed by atoms with Gasteiger partial charge in [-0.25, -0.2) is 8.42 Å². The van der Waals surface area contributed by atoms with Crippen LogP contribution in [0, 0.1) is 0 Å². The quantitative estimate of drug-likeness (QED) is 0.226. The van der Waals surface area contributed by atoms with Gasteiger partial charge >= 0.3 is 12.1 Å².